The second-order valence-electron chi connectivity index (χ2n) is 5.42. The van der Waals surface area contributed by atoms with E-state index in [0.29, 0.717) is 11.1 Å². The Morgan fingerprint density at radius 2 is 1.79 bits per heavy atom. The minimum atomic E-state index is 0.517. The van der Waals surface area contributed by atoms with Gasteiger partial charge in [0.2, 0.25) is 0 Å². The van der Waals surface area contributed by atoms with E-state index in [1.807, 2.05) is 6.92 Å². The van der Waals surface area contributed by atoms with E-state index in [0.717, 1.165) is 22.6 Å². The van der Waals surface area contributed by atoms with Gasteiger partial charge in [-0.3, -0.25) is 0 Å². The molecule has 0 radical (unpaired) electrons. The van der Waals surface area contributed by atoms with Crippen LogP contribution in [-0.2, 0) is 0 Å². The van der Waals surface area contributed by atoms with E-state index in [1.54, 1.807) is 0 Å². The second-order valence-corrected chi connectivity index (χ2v) is 5.78. The molecule has 2 nitrogen and oxygen atoms in total. The number of rotatable bonds is 2. The van der Waals surface area contributed by atoms with Crippen molar-refractivity contribution in [2.75, 3.05) is 0 Å². The van der Waals surface area contributed by atoms with Crippen molar-refractivity contribution >= 4 is 11.6 Å². The fraction of sp³-hybridized carbons (Fsp3) is 0.375. The van der Waals surface area contributed by atoms with Crippen molar-refractivity contribution in [3.05, 3.63) is 45.9 Å². The molecular weight excluding hydrogens is 256 g/mol. The molecule has 0 N–H and O–H groups in total. The number of halogens is 1. The van der Waals surface area contributed by atoms with Gasteiger partial charge in [-0.05, 0) is 50.8 Å². The van der Waals surface area contributed by atoms with Crippen molar-refractivity contribution < 1.29 is 0 Å². The fourth-order valence-electron chi connectivity index (χ4n) is 2.20. The molecule has 0 unspecified atom stereocenters. The van der Waals surface area contributed by atoms with Crippen molar-refractivity contribution in [2.45, 2.75) is 39.5 Å². The van der Waals surface area contributed by atoms with Crippen LogP contribution in [0.1, 0.15) is 41.3 Å². The summed E-state index contributed by atoms with van der Waals surface area (Å²) in [5.74, 6) is 1.42. The molecule has 1 saturated carbocycles. The van der Waals surface area contributed by atoms with Gasteiger partial charge in [0.15, 0.2) is 0 Å². The van der Waals surface area contributed by atoms with Crippen LogP contribution >= 0.6 is 11.6 Å². The predicted octanol–water partition coefficient (Wildman–Crippen LogP) is 4.60. The van der Waals surface area contributed by atoms with Crippen LogP contribution in [0.2, 0.25) is 5.15 Å². The lowest BCUT2D eigenvalue weighted by Gasteiger charge is -2.10. The molecule has 1 fully saturated rings. The molecule has 2 aromatic rings. The maximum absolute atomic E-state index is 6.26. The average Bonchev–Trinajstić information content (AvgIpc) is 3.20. The number of hydrogen-bond acceptors (Lipinski definition) is 2. The third kappa shape index (κ3) is 2.37. The zero-order valence-electron chi connectivity index (χ0n) is 11.5. The number of aromatic nitrogens is 2. The van der Waals surface area contributed by atoms with Gasteiger partial charge in [-0.1, -0.05) is 23.7 Å². The summed E-state index contributed by atoms with van der Waals surface area (Å²) in [4.78, 5) is 9.16. The summed E-state index contributed by atoms with van der Waals surface area (Å²) in [6, 6.07) is 6.43. The molecule has 1 aromatic carbocycles. The van der Waals surface area contributed by atoms with Gasteiger partial charge in [0.1, 0.15) is 11.0 Å². The lowest BCUT2D eigenvalue weighted by atomic mass is 10.0. The Hall–Kier alpha value is -1.41. The molecule has 3 rings (SSSR count). The molecule has 19 heavy (non-hydrogen) atoms. The smallest absolute Gasteiger partial charge is 0.136 e. The van der Waals surface area contributed by atoms with Crippen molar-refractivity contribution in [1.29, 1.82) is 0 Å². The molecule has 0 bridgehead atoms. The van der Waals surface area contributed by atoms with Crippen LogP contribution in [0.15, 0.2) is 18.2 Å². The molecule has 0 saturated heterocycles. The average molecular weight is 273 g/mol. The number of benzene rings is 1. The lowest BCUT2D eigenvalue weighted by molar-refractivity contribution is 0.922. The van der Waals surface area contributed by atoms with Crippen LogP contribution in [0.5, 0.6) is 0 Å². The first-order chi connectivity index (χ1) is 9.06. The largest absolute Gasteiger partial charge is 0.232 e. The van der Waals surface area contributed by atoms with E-state index >= 15 is 0 Å². The Morgan fingerprint density at radius 1 is 1.05 bits per heavy atom. The summed E-state index contributed by atoms with van der Waals surface area (Å²) in [5.41, 5.74) is 5.65. The van der Waals surface area contributed by atoms with E-state index in [4.69, 9.17) is 16.6 Å². The Kier molecular flexibility index (Phi) is 3.06. The van der Waals surface area contributed by atoms with E-state index in [2.05, 4.69) is 37.0 Å². The summed E-state index contributed by atoms with van der Waals surface area (Å²) in [6.45, 7) is 6.23. The molecule has 1 aromatic heterocycles. The highest BCUT2D eigenvalue weighted by atomic mass is 35.5. The van der Waals surface area contributed by atoms with Crippen molar-refractivity contribution in [3.8, 4) is 11.3 Å². The zero-order chi connectivity index (χ0) is 13.6. The first-order valence-corrected chi connectivity index (χ1v) is 7.05. The Bertz CT molecular complexity index is 645. The van der Waals surface area contributed by atoms with Crippen molar-refractivity contribution in [1.82, 2.24) is 9.97 Å². The monoisotopic (exact) mass is 272 g/mol. The minimum Gasteiger partial charge on any atom is -0.232 e. The molecule has 0 amide bonds. The molecular formula is C16H17ClN2. The summed E-state index contributed by atoms with van der Waals surface area (Å²) in [5, 5.41) is 0.588. The van der Waals surface area contributed by atoms with Crippen LogP contribution in [0, 0.1) is 20.8 Å². The van der Waals surface area contributed by atoms with Gasteiger partial charge in [-0.15, -0.1) is 0 Å². The van der Waals surface area contributed by atoms with E-state index in [1.165, 1.54) is 24.0 Å². The third-order valence-electron chi connectivity index (χ3n) is 3.83. The maximum atomic E-state index is 6.26. The van der Waals surface area contributed by atoms with Gasteiger partial charge in [0, 0.05) is 17.0 Å². The summed E-state index contributed by atoms with van der Waals surface area (Å²) in [7, 11) is 0. The van der Waals surface area contributed by atoms with E-state index in [-0.39, 0.29) is 0 Å². The first kappa shape index (κ1) is 12.6. The normalized spacial score (nSPS) is 14.7. The maximum Gasteiger partial charge on any atom is 0.136 e. The summed E-state index contributed by atoms with van der Waals surface area (Å²) in [6.07, 6.45) is 2.37. The number of aryl methyl sites for hydroxylation is 2. The highest BCUT2D eigenvalue weighted by molar-refractivity contribution is 6.30. The Labute approximate surface area is 118 Å². The third-order valence-corrected chi connectivity index (χ3v) is 4.19. The topological polar surface area (TPSA) is 25.8 Å². The first-order valence-electron chi connectivity index (χ1n) is 6.68. The van der Waals surface area contributed by atoms with Gasteiger partial charge in [0.25, 0.3) is 0 Å². The number of hydrogen-bond donors (Lipinski definition) is 0. The molecule has 1 aliphatic carbocycles. The van der Waals surface area contributed by atoms with Crippen LogP contribution in [0.4, 0.5) is 0 Å². The van der Waals surface area contributed by atoms with E-state index < -0.39 is 0 Å². The molecule has 0 spiro atoms. The summed E-state index contributed by atoms with van der Waals surface area (Å²) >= 11 is 6.26. The zero-order valence-corrected chi connectivity index (χ0v) is 12.3. The second kappa shape index (κ2) is 4.61. The van der Waals surface area contributed by atoms with Gasteiger partial charge < -0.3 is 0 Å². The summed E-state index contributed by atoms with van der Waals surface area (Å²) < 4.78 is 0. The van der Waals surface area contributed by atoms with Crippen LogP contribution in [0.3, 0.4) is 0 Å². The molecule has 0 atom stereocenters. The van der Waals surface area contributed by atoms with Crippen LogP contribution in [0.25, 0.3) is 11.3 Å². The Morgan fingerprint density at radius 3 is 2.42 bits per heavy atom. The molecule has 1 aliphatic rings. The molecule has 1 heterocycles. The molecule has 98 valence electrons. The van der Waals surface area contributed by atoms with E-state index in [9.17, 15) is 0 Å². The van der Waals surface area contributed by atoms with Gasteiger partial charge in [-0.2, -0.15) is 0 Å². The highest BCUT2D eigenvalue weighted by Crippen LogP contribution is 2.40. The van der Waals surface area contributed by atoms with Gasteiger partial charge in [-0.25, -0.2) is 9.97 Å². The molecule has 3 heteroatoms. The SMILES string of the molecule is Cc1ccc(-c2nc(C3CC3)nc(Cl)c2C)cc1C. The van der Waals surface area contributed by atoms with Gasteiger partial charge in [0.05, 0.1) is 5.69 Å². The molecule has 0 aliphatic heterocycles. The number of nitrogens with zero attached hydrogens (tertiary/aromatic N) is 2. The quantitative estimate of drug-likeness (QED) is 0.747. The Balaban J connectivity index is 2.14. The van der Waals surface area contributed by atoms with Crippen LogP contribution < -0.4 is 0 Å². The highest BCUT2D eigenvalue weighted by Gasteiger charge is 2.28. The van der Waals surface area contributed by atoms with Crippen LogP contribution in [-0.4, -0.2) is 9.97 Å². The predicted molar refractivity (Wildman–Crippen MR) is 78.7 cm³/mol. The fourth-order valence-corrected chi connectivity index (χ4v) is 2.38. The van der Waals surface area contributed by atoms with Crippen molar-refractivity contribution in [3.63, 3.8) is 0 Å². The minimum absolute atomic E-state index is 0.517. The van der Waals surface area contributed by atoms with Gasteiger partial charge >= 0.3 is 0 Å². The lowest BCUT2D eigenvalue weighted by Crippen LogP contribution is -1.99. The van der Waals surface area contributed by atoms with Crippen molar-refractivity contribution in [2.24, 2.45) is 0 Å². The standard InChI is InChI=1S/C16H17ClN2/c1-9-4-5-13(8-10(9)2)14-11(3)15(17)19-16(18-14)12-6-7-12/h4-5,8,12H,6-7H2,1-3H3.